The van der Waals surface area contributed by atoms with Gasteiger partial charge in [-0.25, -0.2) is 9.38 Å². The highest BCUT2D eigenvalue weighted by Gasteiger charge is 2.17. The highest BCUT2D eigenvalue weighted by atomic mass is 19.1. The minimum Gasteiger partial charge on any atom is -0.478 e. The van der Waals surface area contributed by atoms with Crippen LogP contribution in [0.1, 0.15) is 5.56 Å². The zero-order valence-electron chi connectivity index (χ0n) is 8.32. The number of aliphatic imine (C=N–C) groups is 1. The second-order valence-corrected chi connectivity index (χ2v) is 3.53. The molecule has 2 N–H and O–H groups in total. The smallest absolute Gasteiger partial charge is 0.197 e. The normalized spacial score (nSPS) is 19.9. The maximum absolute atomic E-state index is 12.9. The van der Waals surface area contributed by atoms with Crippen molar-refractivity contribution >= 4 is 5.90 Å². The average molecular weight is 208 g/mol. The summed E-state index contributed by atoms with van der Waals surface area (Å²) in [6.45, 7) is 0.878. The van der Waals surface area contributed by atoms with Gasteiger partial charge in [-0.1, -0.05) is 12.1 Å². The van der Waals surface area contributed by atoms with Crippen LogP contribution >= 0.6 is 0 Å². The van der Waals surface area contributed by atoms with Crippen LogP contribution < -0.4 is 5.73 Å². The fourth-order valence-corrected chi connectivity index (χ4v) is 1.62. The predicted octanol–water partition coefficient (Wildman–Crippen LogP) is 1.12. The molecule has 0 saturated carbocycles. The molecule has 0 aromatic heterocycles. The predicted molar refractivity (Wildman–Crippen MR) is 56.3 cm³/mol. The second-order valence-electron chi connectivity index (χ2n) is 3.53. The lowest BCUT2D eigenvalue weighted by molar-refractivity contribution is 0.312. The monoisotopic (exact) mass is 208 g/mol. The van der Waals surface area contributed by atoms with Gasteiger partial charge in [-0.2, -0.15) is 0 Å². The van der Waals surface area contributed by atoms with E-state index in [0.29, 0.717) is 25.5 Å². The molecular weight excluding hydrogens is 195 g/mol. The van der Waals surface area contributed by atoms with Crippen molar-refractivity contribution in [3.63, 3.8) is 0 Å². The Morgan fingerprint density at radius 3 is 3.07 bits per heavy atom. The third-order valence-corrected chi connectivity index (χ3v) is 2.30. The van der Waals surface area contributed by atoms with Crippen molar-refractivity contribution in [1.82, 2.24) is 0 Å². The molecule has 1 heterocycles. The fraction of sp³-hybridized carbons (Fsp3) is 0.364. The molecule has 0 bridgehead atoms. The summed E-state index contributed by atoms with van der Waals surface area (Å²) in [5, 5.41) is 0. The van der Waals surface area contributed by atoms with E-state index in [9.17, 15) is 4.39 Å². The lowest BCUT2D eigenvalue weighted by Crippen LogP contribution is -2.13. The van der Waals surface area contributed by atoms with E-state index in [4.69, 9.17) is 10.5 Å². The van der Waals surface area contributed by atoms with Gasteiger partial charge in [-0.15, -0.1) is 0 Å². The van der Waals surface area contributed by atoms with Crippen LogP contribution in [-0.2, 0) is 11.2 Å². The Labute approximate surface area is 87.8 Å². The minimum absolute atomic E-state index is 0.0744. The molecule has 80 valence electrons. The zero-order valence-corrected chi connectivity index (χ0v) is 8.32. The topological polar surface area (TPSA) is 47.6 Å². The molecule has 2 rings (SSSR count). The fourth-order valence-electron chi connectivity index (χ4n) is 1.62. The highest BCUT2D eigenvalue weighted by molar-refractivity contribution is 5.79. The molecule has 0 amide bonds. The number of benzene rings is 1. The second kappa shape index (κ2) is 4.40. The molecule has 15 heavy (non-hydrogen) atoms. The Morgan fingerprint density at radius 1 is 1.53 bits per heavy atom. The Morgan fingerprint density at radius 2 is 2.40 bits per heavy atom. The summed E-state index contributed by atoms with van der Waals surface area (Å²) in [6, 6.07) is 6.62. The van der Waals surface area contributed by atoms with Crippen molar-refractivity contribution < 1.29 is 9.13 Å². The third-order valence-electron chi connectivity index (χ3n) is 2.30. The largest absolute Gasteiger partial charge is 0.478 e. The molecule has 1 aromatic carbocycles. The first-order valence-corrected chi connectivity index (χ1v) is 4.92. The van der Waals surface area contributed by atoms with E-state index >= 15 is 0 Å². The van der Waals surface area contributed by atoms with Gasteiger partial charge >= 0.3 is 0 Å². The molecule has 0 aliphatic carbocycles. The van der Waals surface area contributed by atoms with Gasteiger partial charge < -0.3 is 10.5 Å². The number of nitrogens with zero attached hydrogens (tertiary/aromatic N) is 1. The van der Waals surface area contributed by atoms with Crippen LogP contribution in [-0.4, -0.2) is 25.1 Å². The van der Waals surface area contributed by atoms with Crippen LogP contribution in [0.15, 0.2) is 29.3 Å². The molecule has 0 saturated heterocycles. The number of halogens is 1. The van der Waals surface area contributed by atoms with Gasteiger partial charge in [0, 0.05) is 0 Å². The summed E-state index contributed by atoms with van der Waals surface area (Å²) in [7, 11) is 0. The van der Waals surface area contributed by atoms with Gasteiger partial charge in [0.1, 0.15) is 12.4 Å². The van der Waals surface area contributed by atoms with Gasteiger partial charge in [0.05, 0.1) is 12.6 Å². The van der Waals surface area contributed by atoms with Crippen molar-refractivity contribution in [1.29, 1.82) is 0 Å². The highest BCUT2D eigenvalue weighted by Crippen LogP contribution is 2.12. The molecule has 1 unspecified atom stereocenters. The van der Waals surface area contributed by atoms with E-state index in [2.05, 4.69) is 4.99 Å². The molecule has 0 spiro atoms. The molecule has 0 radical (unpaired) electrons. The standard InChI is InChI=1S/C11H13FN2O/c12-9-3-1-2-8(4-9)5-10-7-15-11(6-13)14-10/h1-4,10H,5-7,13H2. The van der Waals surface area contributed by atoms with Crippen LogP contribution in [0.5, 0.6) is 0 Å². The SMILES string of the molecule is NCC1=NC(Cc2cccc(F)c2)CO1. The molecule has 1 atom stereocenters. The van der Waals surface area contributed by atoms with Gasteiger partial charge in [-0.3, -0.25) is 0 Å². The van der Waals surface area contributed by atoms with Crippen LogP contribution in [0.3, 0.4) is 0 Å². The molecule has 1 aliphatic rings. The number of rotatable bonds is 3. The first-order chi connectivity index (χ1) is 7.28. The summed E-state index contributed by atoms with van der Waals surface area (Å²) < 4.78 is 18.1. The average Bonchev–Trinajstić information content (AvgIpc) is 2.65. The molecule has 3 nitrogen and oxygen atoms in total. The van der Waals surface area contributed by atoms with Crippen LogP contribution in [0, 0.1) is 5.82 Å². The summed E-state index contributed by atoms with van der Waals surface area (Å²) in [5.74, 6) is 0.380. The Balaban J connectivity index is 2.01. The summed E-state index contributed by atoms with van der Waals surface area (Å²) in [6.07, 6.45) is 0.696. The minimum atomic E-state index is -0.213. The van der Waals surface area contributed by atoms with Crippen molar-refractivity contribution in [3.05, 3.63) is 35.6 Å². The molecular formula is C11H13FN2O. The molecule has 1 aromatic rings. The van der Waals surface area contributed by atoms with Crippen molar-refractivity contribution in [2.75, 3.05) is 13.2 Å². The van der Waals surface area contributed by atoms with Gasteiger partial charge in [0.15, 0.2) is 5.90 Å². The van der Waals surface area contributed by atoms with E-state index in [1.54, 1.807) is 6.07 Å². The number of ether oxygens (including phenoxy) is 1. The lowest BCUT2D eigenvalue weighted by atomic mass is 10.1. The quantitative estimate of drug-likeness (QED) is 0.809. The van der Waals surface area contributed by atoms with Crippen molar-refractivity contribution in [2.24, 2.45) is 10.7 Å². The maximum atomic E-state index is 12.9. The van der Waals surface area contributed by atoms with Gasteiger partial charge in [0.25, 0.3) is 0 Å². The third kappa shape index (κ3) is 2.53. The Kier molecular flexibility index (Phi) is 2.97. The first-order valence-electron chi connectivity index (χ1n) is 4.92. The molecule has 0 fully saturated rings. The number of hydrogen-bond acceptors (Lipinski definition) is 3. The van der Waals surface area contributed by atoms with E-state index < -0.39 is 0 Å². The maximum Gasteiger partial charge on any atom is 0.197 e. The van der Waals surface area contributed by atoms with Crippen LogP contribution in [0.4, 0.5) is 4.39 Å². The van der Waals surface area contributed by atoms with E-state index in [1.165, 1.54) is 12.1 Å². The van der Waals surface area contributed by atoms with Gasteiger partial charge in [-0.05, 0) is 24.1 Å². The molecule has 1 aliphatic heterocycles. The number of nitrogens with two attached hydrogens (primary N) is 1. The van der Waals surface area contributed by atoms with Gasteiger partial charge in [0.2, 0.25) is 0 Å². The Hall–Kier alpha value is -1.42. The van der Waals surface area contributed by atoms with Crippen molar-refractivity contribution in [3.8, 4) is 0 Å². The zero-order chi connectivity index (χ0) is 10.7. The summed E-state index contributed by atoms with van der Waals surface area (Å²) >= 11 is 0. The number of hydrogen-bond donors (Lipinski definition) is 1. The van der Waals surface area contributed by atoms with Crippen LogP contribution in [0.2, 0.25) is 0 Å². The van der Waals surface area contributed by atoms with E-state index in [0.717, 1.165) is 5.56 Å². The summed E-state index contributed by atoms with van der Waals surface area (Å²) in [4.78, 5) is 4.28. The Bertz CT molecular complexity index is 379. The van der Waals surface area contributed by atoms with Crippen molar-refractivity contribution in [2.45, 2.75) is 12.5 Å². The van der Waals surface area contributed by atoms with Crippen LogP contribution in [0.25, 0.3) is 0 Å². The summed E-state index contributed by atoms with van der Waals surface area (Å²) in [5.41, 5.74) is 6.33. The van der Waals surface area contributed by atoms with E-state index in [1.807, 2.05) is 6.07 Å². The van der Waals surface area contributed by atoms with E-state index in [-0.39, 0.29) is 11.9 Å². The molecule has 4 heteroatoms. The lowest BCUT2D eigenvalue weighted by Gasteiger charge is -2.04. The first kappa shape index (κ1) is 10.1.